The molecule has 0 radical (unpaired) electrons. The van der Waals surface area contributed by atoms with Gasteiger partial charge in [-0.1, -0.05) is 29.8 Å². The first-order valence-corrected chi connectivity index (χ1v) is 6.47. The minimum Gasteiger partial charge on any atom is -0.368 e. The van der Waals surface area contributed by atoms with Gasteiger partial charge in [-0.05, 0) is 18.1 Å². The van der Waals surface area contributed by atoms with Crippen LogP contribution in [0.1, 0.15) is 5.56 Å². The SMILES string of the molecule is Clc1cncc(NCCc2c[nH]c3ccccc23)n1. The molecule has 1 aromatic carbocycles. The zero-order valence-corrected chi connectivity index (χ0v) is 11.0. The third kappa shape index (κ3) is 2.69. The summed E-state index contributed by atoms with van der Waals surface area (Å²) in [5, 5.41) is 4.88. The van der Waals surface area contributed by atoms with Crippen LogP contribution in [0.4, 0.5) is 5.82 Å². The van der Waals surface area contributed by atoms with E-state index in [1.165, 1.54) is 22.7 Å². The summed E-state index contributed by atoms with van der Waals surface area (Å²) >= 11 is 5.78. The standard InChI is InChI=1S/C14H13ClN4/c15-13-8-16-9-14(19-13)17-6-5-10-7-18-12-4-2-1-3-11(10)12/h1-4,7-9,18H,5-6H2,(H,17,19). The number of nitrogens with one attached hydrogen (secondary N) is 2. The van der Waals surface area contributed by atoms with E-state index in [4.69, 9.17) is 11.6 Å². The maximum atomic E-state index is 5.78. The second-order valence-corrected chi connectivity index (χ2v) is 4.65. The van der Waals surface area contributed by atoms with Crippen molar-refractivity contribution >= 4 is 28.3 Å². The third-order valence-corrected chi connectivity index (χ3v) is 3.16. The number of aromatic nitrogens is 3. The van der Waals surface area contributed by atoms with Gasteiger partial charge in [0.05, 0.1) is 12.4 Å². The molecule has 0 aliphatic heterocycles. The highest BCUT2D eigenvalue weighted by Gasteiger charge is 2.02. The molecule has 0 spiro atoms. The van der Waals surface area contributed by atoms with Crippen LogP contribution >= 0.6 is 11.6 Å². The molecule has 0 bridgehead atoms. The van der Waals surface area contributed by atoms with Crippen LogP contribution in [0.25, 0.3) is 10.9 Å². The van der Waals surface area contributed by atoms with E-state index >= 15 is 0 Å². The van der Waals surface area contributed by atoms with Crippen LogP contribution in [-0.4, -0.2) is 21.5 Å². The zero-order valence-electron chi connectivity index (χ0n) is 10.2. The lowest BCUT2D eigenvalue weighted by Gasteiger charge is -2.04. The summed E-state index contributed by atoms with van der Waals surface area (Å²) in [6.45, 7) is 0.789. The van der Waals surface area contributed by atoms with Gasteiger partial charge in [0.1, 0.15) is 11.0 Å². The number of halogens is 1. The molecule has 2 aromatic heterocycles. The molecular weight excluding hydrogens is 260 g/mol. The first-order chi connectivity index (χ1) is 9.33. The molecule has 0 unspecified atom stereocenters. The molecule has 0 aliphatic rings. The minimum atomic E-state index is 0.400. The van der Waals surface area contributed by atoms with Crippen molar-refractivity contribution in [3.63, 3.8) is 0 Å². The number of fused-ring (bicyclic) bond motifs is 1. The monoisotopic (exact) mass is 272 g/mol. The van der Waals surface area contributed by atoms with Crippen molar-refractivity contribution in [2.24, 2.45) is 0 Å². The zero-order chi connectivity index (χ0) is 13.1. The lowest BCUT2D eigenvalue weighted by Crippen LogP contribution is -2.06. The van der Waals surface area contributed by atoms with Gasteiger partial charge in [-0.2, -0.15) is 0 Å². The van der Waals surface area contributed by atoms with Gasteiger partial charge in [-0.15, -0.1) is 0 Å². The van der Waals surface area contributed by atoms with Crippen molar-refractivity contribution in [1.82, 2.24) is 15.0 Å². The first kappa shape index (κ1) is 12.0. The lowest BCUT2D eigenvalue weighted by molar-refractivity contribution is 1.01. The number of hydrogen-bond acceptors (Lipinski definition) is 3. The summed E-state index contributed by atoms with van der Waals surface area (Å²) in [4.78, 5) is 11.4. The molecule has 2 heterocycles. The first-order valence-electron chi connectivity index (χ1n) is 6.09. The van der Waals surface area contributed by atoms with Gasteiger partial charge in [0.2, 0.25) is 0 Å². The minimum absolute atomic E-state index is 0.400. The smallest absolute Gasteiger partial charge is 0.149 e. The van der Waals surface area contributed by atoms with Crippen LogP contribution in [-0.2, 0) is 6.42 Å². The van der Waals surface area contributed by atoms with E-state index in [1.54, 1.807) is 6.20 Å². The third-order valence-electron chi connectivity index (χ3n) is 2.98. The summed E-state index contributed by atoms with van der Waals surface area (Å²) in [5.74, 6) is 0.701. The van der Waals surface area contributed by atoms with Crippen molar-refractivity contribution in [2.45, 2.75) is 6.42 Å². The molecule has 0 fully saturated rings. The number of anilines is 1. The second-order valence-electron chi connectivity index (χ2n) is 4.26. The Balaban J connectivity index is 1.66. The molecule has 0 amide bonds. The van der Waals surface area contributed by atoms with E-state index < -0.39 is 0 Å². The predicted octanol–water partition coefficient (Wildman–Crippen LogP) is 3.27. The fraction of sp³-hybridized carbons (Fsp3) is 0.143. The van der Waals surface area contributed by atoms with Gasteiger partial charge in [0.25, 0.3) is 0 Å². The number of aromatic amines is 1. The van der Waals surface area contributed by atoms with E-state index in [-0.39, 0.29) is 0 Å². The maximum absolute atomic E-state index is 5.78. The van der Waals surface area contributed by atoms with Gasteiger partial charge in [-0.3, -0.25) is 4.98 Å². The Kier molecular flexibility index (Phi) is 3.33. The van der Waals surface area contributed by atoms with Crippen LogP contribution < -0.4 is 5.32 Å². The van der Waals surface area contributed by atoms with Crippen molar-refractivity contribution in [3.05, 3.63) is 53.6 Å². The van der Waals surface area contributed by atoms with Gasteiger partial charge in [0, 0.05) is 23.6 Å². The van der Waals surface area contributed by atoms with E-state index in [0.717, 1.165) is 13.0 Å². The van der Waals surface area contributed by atoms with Crippen molar-refractivity contribution in [3.8, 4) is 0 Å². The molecule has 0 saturated carbocycles. The van der Waals surface area contributed by atoms with Crippen molar-refractivity contribution in [1.29, 1.82) is 0 Å². The number of H-pyrrole nitrogens is 1. The molecule has 96 valence electrons. The molecule has 3 aromatic rings. The van der Waals surface area contributed by atoms with Gasteiger partial charge in [0.15, 0.2) is 0 Å². The van der Waals surface area contributed by atoms with Crippen LogP contribution in [0, 0.1) is 0 Å². The molecule has 0 atom stereocenters. The van der Waals surface area contributed by atoms with Crippen LogP contribution in [0.3, 0.4) is 0 Å². The maximum Gasteiger partial charge on any atom is 0.149 e. The molecule has 19 heavy (non-hydrogen) atoms. The molecule has 0 aliphatic carbocycles. The summed E-state index contributed by atoms with van der Waals surface area (Å²) in [7, 11) is 0. The molecule has 3 rings (SSSR count). The Hall–Kier alpha value is -2.07. The van der Waals surface area contributed by atoms with Gasteiger partial charge >= 0.3 is 0 Å². The Bertz CT molecular complexity index is 692. The average Bonchev–Trinajstić information content (AvgIpc) is 2.83. The number of hydrogen-bond donors (Lipinski definition) is 2. The topological polar surface area (TPSA) is 53.6 Å². The Labute approximate surface area is 115 Å². The van der Waals surface area contributed by atoms with Crippen LogP contribution in [0.2, 0.25) is 5.15 Å². The molecular formula is C14H13ClN4. The van der Waals surface area contributed by atoms with Gasteiger partial charge < -0.3 is 10.3 Å². The highest BCUT2D eigenvalue weighted by atomic mass is 35.5. The highest BCUT2D eigenvalue weighted by Crippen LogP contribution is 2.18. The summed E-state index contributed by atoms with van der Waals surface area (Å²) in [5.41, 5.74) is 2.46. The fourth-order valence-electron chi connectivity index (χ4n) is 2.09. The van der Waals surface area contributed by atoms with Gasteiger partial charge in [-0.25, -0.2) is 4.98 Å². The number of rotatable bonds is 4. The molecule has 2 N–H and O–H groups in total. The summed E-state index contributed by atoms with van der Waals surface area (Å²) < 4.78 is 0. The summed E-state index contributed by atoms with van der Waals surface area (Å²) in [6, 6.07) is 8.28. The van der Waals surface area contributed by atoms with Crippen LogP contribution in [0.5, 0.6) is 0 Å². The van der Waals surface area contributed by atoms with E-state index in [0.29, 0.717) is 11.0 Å². The molecule has 0 saturated heterocycles. The predicted molar refractivity (Wildman–Crippen MR) is 77.5 cm³/mol. The molecule has 5 heteroatoms. The summed E-state index contributed by atoms with van der Waals surface area (Å²) in [6.07, 6.45) is 6.15. The number of para-hydroxylation sites is 1. The second kappa shape index (κ2) is 5.28. The van der Waals surface area contributed by atoms with Crippen LogP contribution in [0.15, 0.2) is 42.9 Å². The van der Waals surface area contributed by atoms with E-state index in [2.05, 4.69) is 44.7 Å². The molecule has 4 nitrogen and oxygen atoms in total. The highest BCUT2D eigenvalue weighted by molar-refractivity contribution is 6.29. The van der Waals surface area contributed by atoms with Crippen molar-refractivity contribution < 1.29 is 0 Å². The number of nitrogens with zero attached hydrogens (tertiary/aromatic N) is 2. The Morgan fingerprint density at radius 1 is 1.21 bits per heavy atom. The number of benzene rings is 1. The quantitative estimate of drug-likeness (QED) is 0.766. The average molecular weight is 273 g/mol. The van der Waals surface area contributed by atoms with Crippen molar-refractivity contribution in [2.75, 3.05) is 11.9 Å². The normalized spacial score (nSPS) is 10.8. The largest absolute Gasteiger partial charge is 0.368 e. The van der Waals surface area contributed by atoms with E-state index in [9.17, 15) is 0 Å². The Morgan fingerprint density at radius 2 is 2.11 bits per heavy atom. The van der Waals surface area contributed by atoms with E-state index in [1.807, 2.05) is 6.07 Å². The lowest BCUT2D eigenvalue weighted by atomic mass is 10.1. The Morgan fingerprint density at radius 3 is 3.00 bits per heavy atom. The fourth-order valence-corrected chi connectivity index (χ4v) is 2.24.